The Balaban J connectivity index is 3.14. The number of hydrogen-bond acceptors (Lipinski definition) is 1. The van der Waals surface area contributed by atoms with Crippen LogP contribution in [0.4, 0.5) is 0 Å². The summed E-state index contributed by atoms with van der Waals surface area (Å²) in [6.07, 6.45) is 1.86. The molecule has 1 nitrogen and oxygen atoms in total. The third kappa shape index (κ3) is 1.90. The molecule has 0 amide bonds. The zero-order valence-corrected chi connectivity index (χ0v) is 8.68. The van der Waals surface area contributed by atoms with Gasteiger partial charge < -0.3 is 0 Å². The molecule has 0 aliphatic carbocycles. The van der Waals surface area contributed by atoms with Gasteiger partial charge in [-0.15, -0.1) is 0 Å². The average molecular weight is 165 g/mol. The second kappa shape index (κ2) is 2.78. The lowest BCUT2D eigenvalue weighted by Crippen LogP contribution is -2.39. The topological polar surface area (TPSA) is 12.9 Å². The summed E-state index contributed by atoms with van der Waals surface area (Å²) >= 11 is 0. The van der Waals surface area contributed by atoms with Gasteiger partial charge in [0.05, 0.1) is 8.07 Å². The van der Waals surface area contributed by atoms with Crippen LogP contribution in [0.15, 0.2) is 18.3 Å². The summed E-state index contributed by atoms with van der Waals surface area (Å²) in [5.74, 6) is 0. The largest absolute Gasteiger partial charge is 0.262 e. The molecule has 0 atom stereocenters. The Kier molecular flexibility index (Phi) is 2.14. The zero-order valence-electron chi connectivity index (χ0n) is 7.68. The third-order valence-electron chi connectivity index (χ3n) is 1.81. The summed E-state index contributed by atoms with van der Waals surface area (Å²) in [5, 5.41) is 1.47. The van der Waals surface area contributed by atoms with Gasteiger partial charge in [-0.3, -0.25) is 4.98 Å². The summed E-state index contributed by atoms with van der Waals surface area (Å²) in [7, 11) is -1.14. The van der Waals surface area contributed by atoms with Crippen molar-refractivity contribution in [2.75, 3.05) is 0 Å². The molecule has 60 valence electrons. The maximum absolute atomic E-state index is 4.28. The van der Waals surface area contributed by atoms with E-state index in [4.69, 9.17) is 0 Å². The van der Waals surface area contributed by atoms with Crippen LogP contribution in [0.5, 0.6) is 0 Å². The summed E-state index contributed by atoms with van der Waals surface area (Å²) < 4.78 is 0. The van der Waals surface area contributed by atoms with E-state index in [0.717, 1.165) is 0 Å². The molecule has 0 saturated heterocycles. The molecule has 1 heterocycles. The number of aryl methyl sites for hydroxylation is 1. The highest BCUT2D eigenvalue weighted by Crippen LogP contribution is 2.03. The molecule has 2 heteroatoms. The molecule has 11 heavy (non-hydrogen) atoms. The van der Waals surface area contributed by atoms with Crippen molar-refractivity contribution in [1.82, 2.24) is 4.98 Å². The lowest BCUT2D eigenvalue weighted by molar-refractivity contribution is 1.22. The summed E-state index contributed by atoms with van der Waals surface area (Å²) in [6, 6.07) is 4.23. The summed E-state index contributed by atoms with van der Waals surface area (Å²) in [5.41, 5.74) is 1.20. The number of pyridine rings is 1. The van der Waals surface area contributed by atoms with Gasteiger partial charge in [-0.1, -0.05) is 25.7 Å². The second-order valence-electron chi connectivity index (χ2n) is 3.89. The van der Waals surface area contributed by atoms with E-state index >= 15 is 0 Å². The van der Waals surface area contributed by atoms with Crippen LogP contribution < -0.4 is 5.19 Å². The van der Waals surface area contributed by atoms with Crippen molar-refractivity contribution in [3.8, 4) is 0 Å². The molecule has 0 N–H and O–H groups in total. The molecule has 0 radical (unpaired) electrons. The minimum Gasteiger partial charge on any atom is -0.262 e. The highest BCUT2D eigenvalue weighted by molar-refractivity contribution is 6.88. The van der Waals surface area contributed by atoms with Crippen LogP contribution in [0.1, 0.15) is 5.69 Å². The van der Waals surface area contributed by atoms with Gasteiger partial charge >= 0.3 is 0 Å². The lowest BCUT2D eigenvalue weighted by Gasteiger charge is -2.17. The van der Waals surface area contributed by atoms with E-state index in [1.807, 2.05) is 12.3 Å². The molecular weight excluding hydrogens is 150 g/mol. The molecule has 1 rings (SSSR count). The third-order valence-corrected chi connectivity index (χ3v) is 3.96. The maximum Gasteiger partial charge on any atom is 0.0799 e. The number of hydrogen-bond donors (Lipinski definition) is 0. The van der Waals surface area contributed by atoms with Crippen LogP contribution in [0.25, 0.3) is 0 Å². The first kappa shape index (κ1) is 8.46. The number of nitrogens with zero attached hydrogens (tertiary/aromatic N) is 1. The van der Waals surface area contributed by atoms with Crippen molar-refractivity contribution >= 4 is 13.3 Å². The predicted molar refractivity (Wildman–Crippen MR) is 52.0 cm³/mol. The fourth-order valence-electron chi connectivity index (χ4n) is 1.28. The van der Waals surface area contributed by atoms with Crippen molar-refractivity contribution in [1.29, 1.82) is 0 Å². The normalized spacial score (nSPS) is 11.6. The monoisotopic (exact) mass is 165 g/mol. The minimum absolute atomic E-state index is 1.14. The molecule has 1 aromatic heterocycles. The Bertz CT molecular complexity index is 250. The minimum atomic E-state index is -1.14. The highest BCUT2D eigenvalue weighted by atomic mass is 28.3. The van der Waals surface area contributed by atoms with E-state index in [-0.39, 0.29) is 0 Å². The molecular formula is C9H15NSi. The molecule has 0 fully saturated rings. The first-order chi connectivity index (χ1) is 5.02. The molecule has 1 aromatic rings. The van der Waals surface area contributed by atoms with Crippen LogP contribution >= 0.6 is 0 Å². The van der Waals surface area contributed by atoms with Crippen molar-refractivity contribution in [3.63, 3.8) is 0 Å². The Morgan fingerprint density at radius 1 is 1.27 bits per heavy atom. The van der Waals surface area contributed by atoms with E-state index < -0.39 is 8.07 Å². The molecule has 0 aromatic carbocycles. The van der Waals surface area contributed by atoms with Gasteiger partial charge in [-0.2, -0.15) is 0 Å². The Morgan fingerprint density at radius 3 is 2.27 bits per heavy atom. The van der Waals surface area contributed by atoms with Gasteiger partial charge in [0, 0.05) is 11.9 Å². The van der Waals surface area contributed by atoms with E-state index in [0.29, 0.717) is 0 Å². The van der Waals surface area contributed by atoms with E-state index in [2.05, 4.69) is 37.6 Å². The van der Waals surface area contributed by atoms with Gasteiger partial charge in [-0.05, 0) is 18.2 Å². The van der Waals surface area contributed by atoms with Crippen molar-refractivity contribution in [3.05, 3.63) is 24.0 Å². The van der Waals surface area contributed by atoms with Crippen molar-refractivity contribution < 1.29 is 0 Å². The first-order valence-corrected chi connectivity index (χ1v) is 7.44. The van der Waals surface area contributed by atoms with Gasteiger partial charge in [0.2, 0.25) is 0 Å². The smallest absolute Gasteiger partial charge is 0.0799 e. The zero-order chi connectivity index (χ0) is 8.48. The quantitative estimate of drug-likeness (QED) is 0.579. The number of aromatic nitrogens is 1. The predicted octanol–water partition coefficient (Wildman–Crippen LogP) is 1.94. The van der Waals surface area contributed by atoms with Gasteiger partial charge in [-0.25, -0.2) is 0 Å². The Hall–Kier alpha value is -0.633. The Morgan fingerprint density at radius 2 is 1.91 bits per heavy atom. The second-order valence-corrected chi connectivity index (χ2v) is 8.93. The van der Waals surface area contributed by atoms with E-state index in [1.165, 1.54) is 10.9 Å². The molecule has 0 unspecified atom stereocenters. The van der Waals surface area contributed by atoms with Crippen LogP contribution in [0, 0.1) is 6.92 Å². The summed E-state index contributed by atoms with van der Waals surface area (Å²) in [4.78, 5) is 4.28. The molecule has 0 spiro atoms. The lowest BCUT2D eigenvalue weighted by atomic mass is 10.4. The standard InChI is InChI=1S/C9H15NSi/c1-8-9(11(2,3)4)6-5-7-10-8/h5-7H,1-4H3. The first-order valence-electron chi connectivity index (χ1n) is 3.94. The van der Waals surface area contributed by atoms with Gasteiger partial charge in [0.25, 0.3) is 0 Å². The van der Waals surface area contributed by atoms with E-state index in [1.54, 1.807) is 0 Å². The van der Waals surface area contributed by atoms with Crippen molar-refractivity contribution in [2.24, 2.45) is 0 Å². The number of rotatable bonds is 1. The molecule has 0 saturated carbocycles. The summed E-state index contributed by atoms with van der Waals surface area (Å²) in [6.45, 7) is 9.12. The van der Waals surface area contributed by atoms with E-state index in [9.17, 15) is 0 Å². The van der Waals surface area contributed by atoms with Crippen LogP contribution in [-0.2, 0) is 0 Å². The SMILES string of the molecule is Cc1ncccc1[Si](C)(C)C. The van der Waals surface area contributed by atoms with Crippen LogP contribution in [0.3, 0.4) is 0 Å². The Labute approximate surface area is 69.5 Å². The van der Waals surface area contributed by atoms with Gasteiger partial charge in [0.1, 0.15) is 0 Å². The fraction of sp³-hybridized carbons (Fsp3) is 0.444. The maximum atomic E-state index is 4.28. The highest BCUT2D eigenvalue weighted by Gasteiger charge is 2.18. The molecule has 0 aliphatic heterocycles. The van der Waals surface area contributed by atoms with Crippen LogP contribution in [-0.4, -0.2) is 13.1 Å². The van der Waals surface area contributed by atoms with Crippen molar-refractivity contribution in [2.45, 2.75) is 26.6 Å². The molecule has 0 bridgehead atoms. The van der Waals surface area contributed by atoms with Gasteiger partial charge in [0.15, 0.2) is 0 Å². The average Bonchev–Trinajstić information content (AvgIpc) is 1.86. The fourth-order valence-corrected chi connectivity index (χ4v) is 3.02. The molecule has 0 aliphatic rings. The van der Waals surface area contributed by atoms with Crippen LogP contribution in [0.2, 0.25) is 19.6 Å².